The number of hydrogen-bond donors (Lipinski definition) is 0. The van der Waals surface area contributed by atoms with Gasteiger partial charge in [-0.25, -0.2) is 0 Å². The van der Waals surface area contributed by atoms with Crippen LogP contribution in [0.15, 0.2) is 49.0 Å². The first-order valence-corrected chi connectivity index (χ1v) is 6.42. The van der Waals surface area contributed by atoms with E-state index in [2.05, 4.69) is 69.8 Å². The lowest BCUT2D eigenvalue weighted by Crippen LogP contribution is -2.15. The van der Waals surface area contributed by atoms with Gasteiger partial charge in [0.2, 0.25) is 0 Å². The average molecular weight is 234 g/mol. The van der Waals surface area contributed by atoms with Crippen LogP contribution in [0.5, 0.6) is 0 Å². The van der Waals surface area contributed by atoms with Gasteiger partial charge in [-0.15, -0.1) is 0 Å². The van der Waals surface area contributed by atoms with Crippen LogP contribution in [-0.2, 0) is 5.41 Å². The van der Waals surface area contributed by atoms with Gasteiger partial charge in [-0.05, 0) is 34.7 Å². The Labute approximate surface area is 109 Å². The molecule has 0 aliphatic heterocycles. The standard InChI is InChI=1S/C18H18/c1-12(2)13-9-10-15-14-7-5-6-8-16(14)18(3,4)17(15)11-13/h5-11H,1H2,2-4H3. The molecule has 0 nitrogen and oxygen atoms in total. The molecule has 2 aromatic carbocycles. The highest BCUT2D eigenvalue weighted by molar-refractivity contribution is 5.82. The summed E-state index contributed by atoms with van der Waals surface area (Å²) < 4.78 is 0. The molecule has 0 heterocycles. The van der Waals surface area contributed by atoms with E-state index in [1.807, 2.05) is 0 Å². The van der Waals surface area contributed by atoms with E-state index in [1.54, 1.807) is 0 Å². The molecule has 0 N–H and O–H groups in total. The van der Waals surface area contributed by atoms with Crippen LogP contribution in [0.2, 0.25) is 0 Å². The van der Waals surface area contributed by atoms with Crippen molar-refractivity contribution in [1.82, 2.24) is 0 Å². The lowest BCUT2D eigenvalue weighted by atomic mass is 9.82. The zero-order chi connectivity index (χ0) is 12.9. The van der Waals surface area contributed by atoms with Crippen molar-refractivity contribution in [3.05, 3.63) is 65.7 Å². The highest BCUT2D eigenvalue weighted by Gasteiger charge is 2.34. The Morgan fingerprint density at radius 3 is 2.33 bits per heavy atom. The van der Waals surface area contributed by atoms with Crippen LogP contribution < -0.4 is 0 Å². The summed E-state index contributed by atoms with van der Waals surface area (Å²) in [4.78, 5) is 0. The van der Waals surface area contributed by atoms with E-state index in [1.165, 1.54) is 27.8 Å². The van der Waals surface area contributed by atoms with Gasteiger partial charge in [-0.1, -0.05) is 68.5 Å². The third-order valence-corrected chi connectivity index (χ3v) is 4.08. The molecular weight excluding hydrogens is 216 g/mol. The highest BCUT2D eigenvalue weighted by atomic mass is 14.4. The lowest BCUT2D eigenvalue weighted by molar-refractivity contribution is 0.660. The first kappa shape index (κ1) is 11.3. The van der Waals surface area contributed by atoms with Crippen molar-refractivity contribution in [1.29, 1.82) is 0 Å². The molecular formula is C18H18. The SMILES string of the molecule is C=C(C)c1ccc2c(c1)C(C)(C)c1ccccc1-2. The van der Waals surface area contributed by atoms with E-state index < -0.39 is 0 Å². The number of rotatable bonds is 1. The van der Waals surface area contributed by atoms with Crippen molar-refractivity contribution in [3.63, 3.8) is 0 Å². The largest absolute Gasteiger partial charge is 0.0955 e. The molecule has 90 valence electrons. The predicted octanol–water partition coefficient (Wildman–Crippen LogP) is 5.03. The minimum atomic E-state index is 0.0946. The molecule has 0 amide bonds. The topological polar surface area (TPSA) is 0 Å². The summed E-state index contributed by atoms with van der Waals surface area (Å²) in [6, 6.07) is 15.5. The molecule has 18 heavy (non-hydrogen) atoms. The minimum Gasteiger partial charge on any atom is -0.0955 e. The second kappa shape index (κ2) is 3.58. The summed E-state index contributed by atoms with van der Waals surface area (Å²) in [5.74, 6) is 0. The Bertz CT molecular complexity index is 645. The van der Waals surface area contributed by atoms with E-state index >= 15 is 0 Å². The second-order valence-electron chi connectivity index (χ2n) is 5.71. The minimum absolute atomic E-state index is 0.0946. The Balaban J connectivity index is 2.31. The maximum atomic E-state index is 4.05. The quantitative estimate of drug-likeness (QED) is 0.649. The van der Waals surface area contributed by atoms with Gasteiger partial charge in [0, 0.05) is 5.41 Å². The summed E-state index contributed by atoms with van der Waals surface area (Å²) in [5, 5.41) is 0. The average Bonchev–Trinajstić information content (AvgIpc) is 2.59. The van der Waals surface area contributed by atoms with Crippen LogP contribution >= 0.6 is 0 Å². The van der Waals surface area contributed by atoms with Gasteiger partial charge < -0.3 is 0 Å². The summed E-state index contributed by atoms with van der Waals surface area (Å²) in [5.41, 5.74) is 8.07. The van der Waals surface area contributed by atoms with Gasteiger partial charge in [0.25, 0.3) is 0 Å². The molecule has 0 heteroatoms. The fraction of sp³-hybridized carbons (Fsp3) is 0.222. The van der Waals surface area contributed by atoms with Crippen LogP contribution in [0.1, 0.15) is 37.5 Å². The molecule has 0 atom stereocenters. The van der Waals surface area contributed by atoms with Gasteiger partial charge >= 0.3 is 0 Å². The molecule has 1 aliphatic carbocycles. The monoisotopic (exact) mass is 234 g/mol. The van der Waals surface area contributed by atoms with Crippen molar-refractivity contribution >= 4 is 5.57 Å². The summed E-state index contributed by atoms with van der Waals surface area (Å²) in [6.45, 7) is 10.7. The predicted molar refractivity (Wildman–Crippen MR) is 78.7 cm³/mol. The van der Waals surface area contributed by atoms with E-state index in [0.29, 0.717) is 0 Å². The first-order chi connectivity index (χ1) is 8.51. The maximum absolute atomic E-state index is 4.05. The van der Waals surface area contributed by atoms with E-state index in [9.17, 15) is 0 Å². The molecule has 2 aromatic rings. The van der Waals surface area contributed by atoms with E-state index in [-0.39, 0.29) is 5.41 Å². The normalized spacial score (nSPS) is 15.1. The Hall–Kier alpha value is -1.82. The third-order valence-electron chi connectivity index (χ3n) is 4.08. The van der Waals surface area contributed by atoms with Crippen molar-refractivity contribution in [2.45, 2.75) is 26.2 Å². The lowest BCUT2D eigenvalue weighted by Gasteiger charge is -2.21. The highest BCUT2D eigenvalue weighted by Crippen LogP contribution is 2.48. The molecule has 0 saturated carbocycles. The Morgan fingerprint density at radius 1 is 0.944 bits per heavy atom. The fourth-order valence-electron chi connectivity index (χ4n) is 2.97. The van der Waals surface area contributed by atoms with Gasteiger partial charge in [-0.3, -0.25) is 0 Å². The zero-order valence-electron chi connectivity index (χ0n) is 11.2. The number of allylic oxidation sites excluding steroid dienone is 1. The summed E-state index contributed by atoms with van der Waals surface area (Å²) >= 11 is 0. The summed E-state index contributed by atoms with van der Waals surface area (Å²) in [6.07, 6.45) is 0. The van der Waals surface area contributed by atoms with Crippen molar-refractivity contribution < 1.29 is 0 Å². The van der Waals surface area contributed by atoms with Crippen LogP contribution in [0.4, 0.5) is 0 Å². The summed E-state index contributed by atoms with van der Waals surface area (Å²) in [7, 11) is 0. The third kappa shape index (κ3) is 1.38. The smallest absolute Gasteiger partial charge is 0.0159 e. The molecule has 0 spiro atoms. The van der Waals surface area contributed by atoms with Crippen molar-refractivity contribution in [3.8, 4) is 11.1 Å². The van der Waals surface area contributed by atoms with Crippen molar-refractivity contribution in [2.24, 2.45) is 0 Å². The molecule has 0 fully saturated rings. The molecule has 0 unspecified atom stereocenters. The number of hydrogen-bond acceptors (Lipinski definition) is 0. The first-order valence-electron chi connectivity index (χ1n) is 6.42. The van der Waals surface area contributed by atoms with Crippen LogP contribution in [0.3, 0.4) is 0 Å². The zero-order valence-corrected chi connectivity index (χ0v) is 11.2. The van der Waals surface area contributed by atoms with Gasteiger partial charge in [-0.2, -0.15) is 0 Å². The molecule has 0 bridgehead atoms. The van der Waals surface area contributed by atoms with Crippen LogP contribution in [-0.4, -0.2) is 0 Å². The Morgan fingerprint density at radius 2 is 1.61 bits per heavy atom. The van der Waals surface area contributed by atoms with Gasteiger partial charge in [0.05, 0.1) is 0 Å². The van der Waals surface area contributed by atoms with Crippen LogP contribution in [0.25, 0.3) is 16.7 Å². The maximum Gasteiger partial charge on any atom is 0.0159 e. The molecule has 1 aliphatic rings. The molecule has 0 radical (unpaired) electrons. The van der Waals surface area contributed by atoms with Crippen LogP contribution in [0, 0.1) is 0 Å². The van der Waals surface area contributed by atoms with E-state index in [4.69, 9.17) is 0 Å². The molecule has 3 rings (SSSR count). The second-order valence-corrected chi connectivity index (χ2v) is 5.71. The van der Waals surface area contributed by atoms with E-state index in [0.717, 1.165) is 5.57 Å². The molecule has 0 aromatic heterocycles. The number of benzene rings is 2. The Kier molecular flexibility index (Phi) is 2.25. The van der Waals surface area contributed by atoms with Crippen molar-refractivity contribution in [2.75, 3.05) is 0 Å². The van der Waals surface area contributed by atoms with Gasteiger partial charge in [0.15, 0.2) is 0 Å². The van der Waals surface area contributed by atoms with Gasteiger partial charge in [0.1, 0.15) is 0 Å². The molecule has 0 saturated heterocycles. The number of fused-ring (bicyclic) bond motifs is 3. The fourth-order valence-corrected chi connectivity index (χ4v) is 2.97.